The van der Waals surface area contributed by atoms with E-state index in [1.807, 2.05) is 0 Å². The third-order valence-electron chi connectivity index (χ3n) is 3.18. The summed E-state index contributed by atoms with van der Waals surface area (Å²) in [4.78, 5) is 19.2. The molecule has 26 heavy (non-hydrogen) atoms. The largest absolute Gasteiger partial charge is 0.343 e. The lowest BCUT2D eigenvalue weighted by atomic mass is 10.3. The average Bonchev–Trinajstić information content (AvgIpc) is 2.60. The normalized spacial score (nSPS) is 10.6. The van der Waals surface area contributed by atoms with Crippen molar-refractivity contribution in [3.8, 4) is 0 Å². The lowest BCUT2D eigenvalue weighted by molar-refractivity contribution is -0.387. The Bertz CT molecular complexity index is 973. The van der Waals surface area contributed by atoms with Gasteiger partial charge in [0.1, 0.15) is 18.0 Å². The highest BCUT2D eigenvalue weighted by Gasteiger charge is 2.24. The molecule has 0 saturated heterocycles. The first-order chi connectivity index (χ1) is 12.4. The summed E-state index contributed by atoms with van der Waals surface area (Å²) in [5.74, 6) is -1.71. The molecular formula is C16H9ClF2N4O2S. The number of halogens is 3. The molecule has 0 radical (unpaired) electrons. The van der Waals surface area contributed by atoms with E-state index in [-0.39, 0.29) is 16.5 Å². The van der Waals surface area contributed by atoms with Crippen LogP contribution in [0.25, 0.3) is 0 Å². The zero-order valence-electron chi connectivity index (χ0n) is 12.8. The summed E-state index contributed by atoms with van der Waals surface area (Å²) < 4.78 is 27.1. The monoisotopic (exact) mass is 394 g/mol. The molecule has 0 spiro atoms. The van der Waals surface area contributed by atoms with Crippen LogP contribution in [0, 0.1) is 21.7 Å². The van der Waals surface area contributed by atoms with Crippen LogP contribution in [0.5, 0.6) is 0 Å². The van der Waals surface area contributed by atoms with Crippen LogP contribution in [0.1, 0.15) is 0 Å². The highest BCUT2D eigenvalue weighted by molar-refractivity contribution is 7.99. The molecule has 6 nitrogen and oxygen atoms in total. The topological polar surface area (TPSA) is 81.0 Å². The van der Waals surface area contributed by atoms with Crippen LogP contribution in [-0.4, -0.2) is 14.9 Å². The van der Waals surface area contributed by atoms with E-state index in [1.165, 1.54) is 0 Å². The predicted octanol–water partition coefficient (Wildman–Crippen LogP) is 5.21. The summed E-state index contributed by atoms with van der Waals surface area (Å²) in [6.07, 6.45) is 1.10. The molecule has 0 aliphatic heterocycles. The second-order valence-electron chi connectivity index (χ2n) is 4.94. The number of nitrogens with one attached hydrogen (secondary N) is 1. The van der Waals surface area contributed by atoms with Crippen molar-refractivity contribution in [2.45, 2.75) is 9.92 Å². The van der Waals surface area contributed by atoms with Gasteiger partial charge in [-0.2, -0.15) is 0 Å². The van der Waals surface area contributed by atoms with Gasteiger partial charge in [0.15, 0.2) is 5.03 Å². The summed E-state index contributed by atoms with van der Waals surface area (Å²) in [6.45, 7) is 0. The van der Waals surface area contributed by atoms with Crippen molar-refractivity contribution in [3.63, 3.8) is 0 Å². The molecule has 2 aromatic carbocycles. The van der Waals surface area contributed by atoms with Gasteiger partial charge in [-0.15, -0.1) is 0 Å². The molecule has 132 valence electrons. The average molecular weight is 395 g/mol. The molecule has 3 aromatic rings. The fourth-order valence-electron chi connectivity index (χ4n) is 2.03. The molecular weight excluding hydrogens is 386 g/mol. The van der Waals surface area contributed by atoms with E-state index in [4.69, 9.17) is 11.6 Å². The molecule has 1 heterocycles. The van der Waals surface area contributed by atoms with Gasteiger partial charge in [-0.1, -0.05) is 23.4 Å². The lowest BCUT2D eigenvalue weighted by Gasteiger charge is -2.09. The van der Waals surface area contributed by atoms with Gasteiger partial charge < -0.3 is 5.32 Å². The SMILES string of the molecule is O=[N+]([O-])c1c(Nc2cc(F)ccc2F)ncnc1Sc1ccc(Cl)cc1. The molecule has 10 heteroatoms. The molecule has 0 fully saturated rings. The minimum Gasteiger partial charge on any atom is -0.332 e. The Hall–Kier alpha value is -2.78. The first-order valence-electron chi connectivity index (χ1n) is 7.09. The zero-order chi connectivity index (χ0) is 18.7. The quantitative estimate of drug-likeness (QED) is 0.363. The molecule has 1 N–H and O–H groups in total. The zero-order valence-corrected chi connectivity index (χ0v) is 14.4. The van der Waals surface area contributed by atoms with Crippen LogP contribution in [0.15, 0.2) is 58.7 Å². The number of nitro groups is 1. The summed E-state index contributed by atoms with van der Waals surface area (Å²) >= 11 is 6.84. The number of hydrogen-bond acceptors (Lipinski definition) is 6. The maximum Gasteiger partial charge on any atom is 0.343 e. The standard InChI is InChI=1S/C16H9ClF2N4O2S/c17-9-1-4-11(5-2-9)26-16-14(23(24)25)15(20-8-21-16)22-13-7-10(18)3-6-12(13)19/h1-8H,(H,20,21,22). The fourth-order valence-corrected chi connectivity index (χ4v) is 3.02. The van der Waals surface area contributed by atoms with Gasteiger partial charge >= 0.3 is 5.69 Å². The molecule has 0 aliphatic carbocycles. The molecule has 0 amide bonds. The maximum absolute atomic E-state index is 13.8. The molecule has 0 aliphatic rings. The van der Waals surface area contributed by atoms with E-state index < -0.39 is 22.2 Å². The van der Waals surface area contributed by atoms with Crippen molar-refractivity contribution in [1.82, 2.24) is 9.97 Å². The van der Waals surface area contributed by atoms with E-state index in [1.54, 1.807) is 24.3 Å². The van der Waals surface area contributed by atoms with Crippen molar-refractivity contribution in [2.75, 3.05) is 5.32 Å². The summed E-state index contributed by atoms with van der Waals surface area (Å²) in [6, 6.07) is 9.37. The highest BCUT2D eigenvalue weighted by Crippen LogP contribution is 2.38. The van der Waals surface area contributed by atoms with E-state index >= 15 is 0 Å². The number of nitrogens with zero attached hydrogens (tertiary/aromatic N) is 3. The van der Waals surface area contributed by atoms with Crippen molar-refractivity contribution in [2.24, 2.45) is 0 Å². The van der Waals surface area contributed by atoms with Gasteiger partial charge in [-0.25, -0.2) is 18.7 Å². The number of hydrogen-bond donors (Lipinski definition) is 1. The van der Waals surface area contributed by atoms with Crippen molar-refractivity contribution in [3.05, 3.63) is 75.6 Å². The predicted molar refractivity (Wildman–Crippen MR) is 93.9 cm³/mol. The Morgan fingerprint density at radius 3 is 2.54 bits per heavy atom. The van der Waals surface area contributed by atoms with E-state index in [2.05, 4.69) is 15.3 Å². The van der Waals surface area contributed by atoms with Gasteiger partial charge in [0.05, 0.1) is 10.6 Å². The summed E-state index contributed by atoms with van der Waals surface area (Å²) in [5, 5.41) is 14.5. The smallest absolute Gasteiger partial charge is 0.332 e. The number of aromatic nitrogens is 2. The van der Waals surface area contributed by atoms with Crippen LogP contribution in [0.4, 0.5) is 26.0 Å². The highest BCUT2D eigenvalue weighted by atomic mass is 35.5. The fraction of sp³-hybridized carbons (Fsp3) is 0. The summed E-state index contributed by atoms with van der Waals surface area (Å²) in [5.41, 5.74) is -0.717. The van der Waals surface area contributed by atoms with Crippen molar-refractivity contribution < 1.29 is 13.7 Å². The lowest BCUT2D eigenvalue weighted by Crippen LogP contribution is -2.04. The van der Waals surface area contributed by atoms with Crippen LogP contribution < -0.4 is 5.32 Å². The summed E-state index contributed by atoms with van der Waals surface area (Å²) in [7, 11) is 0. The Kier molecular flexibility index (Phi) is 5.29. The van der Waals surface area contributed by atoms with Crippen molar-refractivity contribution >= 4 is 40.6 Å². The second-order valence-corrected chi connectivity index (χ2v) is 6.44. The Morgan fingerprint density at radius 2 is 1.85 bits per heavy atom. The van der Waals surface area contributed by atoms with Crippen LogP contribution in [-0.2, 0) is 0 Å². The Balaban J connectivity index is 1.99. The maximum atomic E-state index is 13.8. The first-order valence-corrected chi connectivity index (χ1v) is 8.28. The van der Waals surface area contributed by atoms with Gasteiger partial charge in [0, 0.05) is 16.0 Å². The minimum atomic E-state index is -0.772. The Morgan fingerprint density at radius 1 is 1.12 bits per heavy atom. The molecule has 0 saturated carbocycles. The van der Waals surface area contributed by atoms with Crippen LogP contribution in [0.2, 0.25) is 5.02 Å². The number of benzene rings is 2. The van der Waals surface area contributed by atoms with Crippen LogP contribution in [0.3, 0.4) is 0 Å². The Labute approximate surface area is 155 Å². The van der Waals surface area contributed by atoms with Gasteiger partial charge in [-0.05, 0) is 36.4 Å². The molecule has 0 atom stereocenters. The number of rotatable bonds is 5. The van der Waals surface area contributed by atoms with E-state index in [9.17, 15) is 18.9 Å². The van der Waals surface area contributed by atoms with E-state index in [0.717, 1.165) is 36.3 Å². The molecule has 3 rings (SSSR count). The van der Waals surface area contributed by atoms with Gasteiger partial charge in [0.25, 0.3) is 0 Å². The molecule has 0 bridgehead atoms. The first kappa shape index (κ1) is 18.0. The molecule has 0 unspecified atom stereocenters. The van der Waals surface area contributed by atoms with Gasteiger partial charge in [-0.3, -0.25) is 10.1 Å². The van der Waals surface area contributed by atoms with Crippen molar-refractivity contribution in [1.29, 1.82) is 0 Å². The third kappa shape index (κ3) is 4.06. The number of anilines is 2. The minimum absolute atomic E-state index is 0.0478. The molecule has 1 aromatic heterocycles. The van der Waals surface area contributed by atoms with E-state index in [0.29, 0.717) is 9.92 Å². The van der Waals surface area contributed by atoms with Crippen LogP contribution >= 0.6 is 23.4 Å². The van der Waals surface area contributed by atoms with Gasteiger partial charge in [0.2, 0.25) is 5.82 Å². The second kappa shape index (κ2) is 7.63. The third-order valence-corrected chi connectivity index (χ3v) is 4.43.